The minimum absolute atomic E-state index is 0.0508. The number of rotatable bonds is 4. The first kappa shape index (κ1) is 19.3. The molecule has 0 bridgehead atoms. The lowest BCUT2D eigenvalue weighted by atomic mass is 9.99. The third-order valence-corrected chi connectivity index (χ3v) is 4.88. The molecule has 1 unspecified atom stereocenters. The first-order valence-corrected chi connectivity index (χ1v) is 9.54. The Labute approximate surface area is 167 Å². The van der Waals surface area contributed by atoms with Gasteiger partial charge in [0.2, 0.25) is 5.95 Å². The molecule has 1 aromatic carbocycles. The van der Waals surface area contributed by atoms with Crippen LogP contribution in [-0.2, 0) is 10.3 Å². The Morgan fingerprint density at radius 1 is 1.28 bits per heavy atom. The van der Waals surface area contributed by atoms with Crippen LogP contribution in [-0.4, -0.2) is 44.7 Å². The lowest BCUT2D eigenvalue weighted by Crippen LogP contribution is -2.24. The maximum atomic E-state index is 11.7. The first-order valence-electron chi connectivity index (χ1n) is 9.54. The van der Waals surface area contributed by atoms with Crippen LogP contribution in [0.2, 0.25) is 0 Å². The largest absolute Gasteiger partial charge is 0.382 e. The Balaban J connectivity index is 1.79. The number of aromatic amines is 1. The Morgan fingerprint density at radius 2 is 2.03 bits per heavy atom. The molecule has 1 aliphatic rings. The smallest absolute Gasteiger partial charge is 0.321 e. The lowest BCUT2D eigenvalue weighted by Gasteiger charge is -2.16. The van der Waals surface area contributed by atoms with Crippen molar-refractivity contribution in [2.45, 2.75) is 38.4 Å². The van der Waals surface area contributed by atoms with Crippen LogP contribution >= 0.6 is 0 Å². The van der Waals surface area contributed by atoms with Gasteiger partial charge in [0.25, 0.3) is 0 Å². The highest BCUT2D eigenvalue weighted by atomic mass is 16.5. The summed E-state index contributed by atoms with van der Waals surface area (Å²) in [5.74, 6) is 0.727. The average Bonchev–Trinajstić information content (AvgIpc) is 3.36. The molecule has 9 heteroatoms. The van der Waals surface area contributed by atoms with Crippen molar-refractivity contribution in [1.82, 2.24) is 25.3 Å². The number of fused-ring (bicyclic) bond motifs is 1. The summed E-state index contributed by atoms with van der Waals surface area (Å²) in [6.45, 7) is 4.01. The molecule has 0 aliphatic carbocycles. The number of aliphatic hydroxyl groups is 1. The van der Waals surface area contributed by atoms with E-state index in [0.29, 0.717) is 18.4 Å². The number of hydrogen-bond acceptors (Lipinski definition) is 6. The third kappa shape index (κ3) is 3.92. The number of anilines is 1. The number of benzene rings is 1. The molecular weight excluding hydrogens is 372 g/mol. The number of amides is 2. The van der Waals surface area contributed by atoms with E-state index in [1.165, 1.54) is 0 Å². The van der Waals surface area contributed by atoms with Crippen molar-refractivity contribution in [2.75, 3.05) is 19.0 Å². The van der Waals surface area contributed by atoms with Gasteiger partial charge in [0, 0.05) is 37.2 Å². The molecule has 1 atom stereocenters. The maximum absolute atomic E-state index is 11.7. The van der Waals surface area contributed by atoms with Crippen LogP contribution in [0.5, 0.6) is 0 Å². The number of imidazole rings is 1. The zero-order chi connectivity index (χ0) is 20.6. The molecule has 0 saturated carbocycles. The van der Waals surface area contributed by atoms with E-state index in [1.807, 2.05) is 12.1 Å². The van der Waals surface area contributed by atoms with Crippen molar-refractivity contribution in [3.05, 3.63) is 35.9 Å². The summed E-state index contributed by atoms with van der Waals surface area (Å²) in [6.07, 6.45) is 5.25. The van der Waals surface area contributed by atoms with Crippen molar-refractivity contribution in [3.63, 3.8) is 0 Å². The molecule has 4 N–H and O–H groups in total. The number of nitrogens with zero attached hydrogens (tertiary/aromatic N) is 3. The summed E-state index contributed by atoms with van der Waals surface area (Å²) in [6, 6.07) is 3.63. The summed E-state index contributed by atoms with van der Waals surface area (Å²) in [7, 11) is 1.55. The number of carbonyl (C=O) groups is 1. The number of ether oxygens (including phenoxy) is 1. The minimum Gasteiger partial charge on any atom is -0.382 e. The minimum atomic E-state index is -1.10. The van der Waals surface area contributed by atoms with Gasteiger partial charge in [0.1, 0.15) is 5.60 Å². The summed E-state index contributed by atoms with van der Waals surface area (Å²) >= 11 is 0. The molecule has 0 radical (unpaired) electrons. The van der Waals surface area contributed by atoms with E-state index in [9.17, 15) is 9.90 Å². The van der Waals surface area contributed by atoms with Crippen molar-refractivity contribution in [2.24, 2.45) is 0 Å². The fourth-order valence-corrected chi connectivity index (χ4v) is 3.40. The van der Waals surface area contributed by atoms with Crippen LogP contribution in [0.3, 0.4) is 0 Å². The molecule has 3 heterocycles. The van der Waals surface area contributed by atoms with Crippen LogP contribution in [0, 0.1) is 0 Å². The van der Waals surface area contributed by atoms with Gasteiger partial charge in [-0.1, -0.05) is 0 Å². The molecule has 2 amide bonds. The van der Waals surface area contributed by atoms with Gasteiger partial charge in [-0.2, -0.15) is 0 Å². The van der Waals surface area contributed by atoms with E-state index in [1.54, 1.807) is 33.3 Å². The maximum Gasteiger partial charge on any atom is 0.321 e. The zero-order valence-corrected chi connectivity index (χ0v) is 16.6. The van der Waals surface area contributed by atoms with Gasteiger partial charge in [0.05, 0.1) is 17.1 Å². The van der Waals surface area contributed by atoms with Gasteiger partial charge in [-0.05, 0) is 44.4 Å². The first-order chi connectivity index (χ1) is 13.8. The van der Waals surface area contributed by atoms with Crippen LogP contribution in [0.25, 0.3) is 22.2 Å². The molecule has 4 rings (SSSR count). The second-order valence-electron chi connectivity index (χ2n) is 7.61. The molecule has 2 aromatic heterocycles. The number of nitrogens with one attached hydrogen (secondary N) is 3. The summed E-state index contributed by atoms with van der Waals surface area (Å²) < 4.78 is 5.90. The molecule has 3 aromatic rings. The van der Waals surface area contributed by atoms with E-state index in [4.69, 9.17) is 4.74 Å². The fraction of sp³-hybridized carbons (Fsp3) is 0.400. The van der Waals surface area contributed by atoms with Gasteiger partial charge in [-0.3, -0.25) is 5.32 Å². The van der Waals surface area contributed by atoms with Gasteiger partial charge in [-0.25, -0.2) is 19.7 Å². The predicted octanol–water partition coefficient (Wildman–Crippen LogP) is 2.85. The highest BCUT2D eigenvalue weighted by Crippen LogP contribution is 2.36. The number of hydrogen-bond donors (Lipinski definition) is 4. The van der Waals surface area contributed by atoms with Crippen LogP contribution < -0.4 is 10.6 Å². The highest BCUT2D eigenvalue weighted by Gasteiger charge is 2.24. The Morgan fingerprint density at radius 3 is 2.66 bits per heavy atom. The number of aromatic nitrogens is 4. The van der Waals surface area contributed by atoms with Gasteiger partial charge >= 0.3 is 6.03 Å². The topological polar surface area (TPSA) is 125 Å². The molecule has 1 aliphatic heterocycles. The van der Waals surface area contributed by atoms with E-state index in [2.05, 4.69) is 30.6 Å². The average molecular weight is 396 g/mol. The van der Waals surface area contributed by atoms with E-state index < -0.39 is 5.60 Å². The Hall–Kier alpha value is -3.04. The third-order valence-electron chi connectivity index (χ3n) is 4.88. The molecule has 1 saturated heterocycles. The summed E-state index contributed by atoms with van der Waals surface area (Å²) in [5.41, 5.74) is 3.12. The molecule has 1 fully saturated rings. The van der Waals surface area contributed by atoms with Crippen LogP contribution in [0.1, 0.15) is 44.2 Å². The highest BCUT2D eigenvalue weighted by molar-refractivity contribution is 5.92. The number of H-pyrrole nitrogens is 1. The quantitative estimate of drug-likeness (QED) is 0.537. The second-order valence-corrected chi connectivity index (χ2v) is 7.61. The standard InChI is InChI=1S/C20H24N6O3/c1-20(2,28)17-22-9-12(10-23-17)11-7-13(15-5-4-6-29-15)16-14(8-11)24-18(25-16)26-19(27)21-3/h7-10,15,28H,4-6H2,1-3H3,(H3,21,24,25,26,27). The molecule has 9 nitrogen and oxygen atoms in total. The normalized spacial score (nSPS) is 16.9. The van der Waals surface area contributed by atoms with Crippen molar-refractivity contribution in [3.8, 4) is 11.1 Å². The fourth-order valence-electron chi connectivity index (χ4n) is 3.40. The molecule has 0 spiro atoms. The van der Waals surface area contributed by atoms with Crippen LogP contribution in [0.4, 0.5) is 10.7 Å². The van der Waals surface area contributed by atoms with E-state index in [0.717, 1.165) is 40.6 Å². The van der Waals surface area contributed by atoms with Crippen molar-refractivity contribution in [1.29, 1.82) is 0 Å². The number of urea groups is 1. The molecule has 29 heavy (non-hydrogen) atoms. The van der Waals surface area contributed by atoms with E-state index in [-0.39, 0.29) is 12.1 Å². The Kier molecular flexibility index (Phi) is 4.93. The van der Waals surface area contributed by atoms with Gasteiger partial charge in [-0.15, -0.1) is 0 Å². The summed E-state index contributed by atoms with van der Waals surface area (Å²) in [5, 5.41) is 15.3. The van der Waals surface area contributed by atoms with Crippen LogP contribution in [0.15, 0.2) is 24.5 Å². The van der Waals surface area contributed by atoms with E-state index >= 15 is 0 Å². The van der Waals surface area contributed by atoms with Crippen molar-refractivity contribution >= 4 is 23.0 Å². The SMILES string of the molecule is CNC(=O)Nc1nc2c(C3CCCO3)cc(-c3cnc(C(C)(C)O)nc3)cc2[nH]1. The second kappa shape index (κ2) is 7.41. The molecular formula is C20H24N6O3. The van der Waals surface area contributed by atoms with Gasteiger partial charge < -0.3 is 20.1 Å². The summed E-state index contributed by atoms with van der Waals surface area (Å²) in [4.78, 5) is 28.0. The predicted molar refractivity (Wildman–Crippen MR) is 108 cm³/mol. The van der Waals surface area contributed by atoms with Gasteiger partial charge in [0.15, 0.2) is 5.82 Å². The molecule has 152 valence electrons. The zero-order valence-electron chi connectivity index (χ0n) is 16.6. The number of carbonyl (C=O) groups excluding carboxylic acids is 1. The Bertz CT molecular complexity index is 1030. The monoisotopic (exact) mass is 396 g/mol. The lowest BCUT2D eigenvalue weighted by molar-refractivity contribution is 0.0687. The van der Waals surface area contributed by atoms with Crippen molar-refractivity contribution < 1.29 is 14.6 Å².